The number of rotatable bonds is 12. The van der Waals surface area contributed by atoms with Gasteiger partial charge in [-0.25, -0.2) is 8.42 Å². The maximum Gasteiger partial charge on any atom is 0.246 e. The van der Waals surface area contributed by atoms with E-state index in [1.54, 1.807) is 31.2 Å². The largest absolute Gasteiger partial charge is 0.370 e. The molecule has 198 valence electrons. The van der Waals surface area contributed by atoms with Crippen molar-refractivity contribution in [1.29, 1.82) is 0 Å². The van der Waals surface area contributed by atoms with Crippen molar-refractivity contribution in [3.8, 4) is 0 Å². The Bertz CT molecular complexity index is 1450. The number of nitrogens with one attached hydrogen (secondary N) is 2. The number of hydrogen-bond donors (Lipinski definition) is 2. The van der Waals surface area contributed by atoms with Gasteiger partial charge in [0.25, 0.3) is 0 Å². The Morgan fingerprint density at radius 3 is 1.92 bits per heavy atom. The molecule has 4 aromatic carbocycles. The molecule has 38 heavy (non-hydrogen) atoms. The summed E-state index contributed by atoms with van der Waals surface area (Å²) in [6, 6.07) is 34.8. The van der Waals surface area contributed by atoms with Crippen molar-refractivity contribution in [2.45, 2.75) is 36.7 Å². The van der Waals surface area contributed by atoms with Crippen LogP contribution in [0.4, 0.5) is 5.69 Å². The number of para-hydroxylation sites is 1. The predicted molar refractivity (Wildman–Crippen MR) is 154 cm³/mol. The van der Waals surface area contributed by atoms with Gasteiger partial charge in [-0.05, 0) is 55.7 Å². The van der Waals surface area contributed by atoms with Gasteiger partial charge in [0.2, 0.25) is 17.4 Å². The molecule has 2 N–H and O–H groups in total. The Kier molecular flexibility index (Phi) is 9.18. The van der Waals surface area contributed by atoms with Gasteiger partial charge in [-0.15, -0.1) is 0 Å². The van der Waals surface area contributed by atoms with E-state index in [2.05, 4.69) is 10.0 Å². The second kappa shape index (κ2) is 12.5. The smallest absolute Gasteiger partial charge is 0.246 e. The van der Waals surface area contributed by atoms with Gasteiger partial charge in [0.05, 0.1) is 11.5 Å². The molecule has 0 spiro atoms. The number of hydrogen-bond acceptors (Lipinski definition) is 5. The van der Waals surface area contributed by atoms with Crippen molar-refractivity contribution >= 4 is 23.1 Å². The summed E-state index contributed by atoms with van der Waals surface area (Å²) in [6.45, 7) is 3.81. The highest BCUT2D eigenvalue weighted by atomic mass is 32.2. The fourth-order valence-corrected chi connectivity index (χ4v) is 8.85. The van der Waals surface area contributed by atoms with Gasteiger partial charge in [-0.1, -0.05) is 96.6 Å². The number of sulfonamides is 1. The van der Waals surface area contributed by atoms with Crippen molar-refractivity contribution in [3.05, 3.63) is 132 Å². The van der Waals surface area contributed by atoms with Gasteiger partial charge in [-0.3, -0.25) is 4.57 Å². The summed E-state index contributed by atoms with van der Waals surface area (Å²) in [7, 11) is -7.84. The van der Waals surface area contributed by atoms with E-state index in [0.29, 0.717) is 0 Å². The first kappa shape index (κ1) is 27.8. The minimum atomic E-state index is -4.02. The van der Waals surface area contributed by atoms with Crippen LogP contribution in [0, 0.1) is 6.92 Å². The zero-order chi connectivity index (χ0) is 27.0. The van der Waals surface area contributed by atoms with Crippen molar-refractivity contribution in [2.24, 2.45) is 0 Å². The average molecular weight is 549 g/mol. The summed E-state index contributed by atoms with van der Waals surface area (Å²) >= 11 is 0. The SMILES string of the molecule is CCOP(=O)([C@H](Cc1ccccc1)NS(=O)(=O)c1ccc(C)cc1)[C@@H](Nc1ccccc1)c1ccccc1. The molecule has 3 atom stereocenters. The van der Waals surface area contributed by atoms with Crippen LogP contribution in [0.5, 0.6) is 0 Å². The van der Waals surface area contributed by atoms with E-state index < -0.39 is 29.0 Å². The predicted octanol–water partition coefficient (Wildman–Crippen LogP) is 6.97. The number of benzene rings is 4. The third-order valence-electron chi connectivity index (χ3n) is 6.21. The zero-order valence-electron chi connectivity index (χ0n) is 21.5. The van der Waals surface area contributed by atoms with Crippen molar-refractivity contribution in [3.63, 3.8) is 0 Å². The molecule has 0 fully saturated rings. The molecule has 4 rings (SSSR count). The van der Waals surface area contributed by atoms with Crippen LogP contribution >= 0.6 is 7.37 Å². The first-order valence-electron chi connectivity index (χ1n) is 12.6. The van der Waals surface area contributed by atoms with Crippen molar-refractivity contribution in [2.75, 3.05) is 11.9 Å². The molecule has 0 heterocycles. The molecule has 6 nitrogen and oxygen atoms in total. The Morgan fingerprint density at radius 2 is 1.34 bits per heavy atom. The van der Waals surface area contributed by atoms with Gasteiger partial charge in [0.1, 0.15) is 11.6 Å². The lowest BCUT2D eigenvalue weighted by atomic mass is 10.1. The molecule has 0 aromatic heterocycles. The molecule has 0 saturated carbocycles. The third-order valence-corrected chi connectivity index (χ3v) is 10.9. The van der Waals surface area contributed by atoms with Crippen molar-refractivity contribution < 1.29 is 17.5 Å². The maximum absolute atomic E-state index is 15.2. The normalized spacial score (nSPS) is 14.8. The van der Waals surface area contributed by atoms with Gasteiger partial charge >= 0.3 is 0 Å². The van der Waals surface area contributed by atoms with E-state index in [1.165, 1.54) is 0 Å². The highest BCUT2D eigenvalue weighted by Crippen LogP contribution is 2.63. The molecule has 0 aliphatic heterocycles. The van der Waals surface area contributed by atoms with E-state index in [-0.39, 0.29) is 17.9 Å². The lowest BCUT2D eigenvalue weighted by Crippen LogP contribution is -2.39. The van der Waals surface area contributed by atoms with Gasteiger partial charge in [-0.2, -0.15) is 4.72 Å². The molecule has 0 saturated heterocycles. The summed E-state index contributed by atoms with van der Waals surface area (Å²) in [4.78, 5) is 0.108. The van der Waals surface area contributed by atoms with E-state index in [0.717, 1.165) is 22.4 Å². The lowest BCUT2D eigenvalue weighted by Gasteiger charge is -2.35. The van der Waals surface area contributed by atoms with Crippen molar-refractivity contribution in [1.82, 2.24) is 4.72 Å². The molecule has 4 aromatic rings. The summed E-state index contributed by atoms with van der Waals surface area (Å²) < 4.78 is 51.3. The quantitative estimate of drug-likeness (QED) is 0.187. The van der Waals surface area contributed by atoms with Gasteiger partial charge in [0.15, 0.2) is 0 Å². The van der Waals surface area contributed by atoms with Crippen LogP contribution in [0.1, 0.15) is 29.4 Å². The van der Waals surface area contributed by atoms with E-state index >= 15 is 4.57 Å². The fourth-order valence-electron chi connectivity index (χ4n) is 4.30. The number of aryl methyl sites for hydroxylation is 1. The van der Waals surface area contributed by atoms with Crippen LogP contribution in [-0.2, 0) is 25.5 Å². The molecule has 0 aliphatic carbocycles. The summed E-state index contributed by atoms with van der Waals surface area (Å²) in [5.74, 6) is -1.85. The highest BCUT2D eigenvalue weighted by molar-refractivity contribution is 7.90. The molecule has 8 heteroatoms. The Morgan fingerprint density at radius 1 is 0.789 bits per heavy atom. The van der Waals surface area contributed by atoms with Crippen LogP contribution in [0.25, 0.3) is 0 Å². The molecule has 0 amide bonds. The molecule has 0 aliphatic rings. The first-order valence-corrected chi connectivity index (χ1v) is 15.8. The van der Waals surface area contributed by atoms with E-state index in [9.17, 15) is 8.42 Å². The van der Waals surface area contributed by atoms with Crippen LogP contribution in [-0.4, -0.2) is 20.8 Å². The number of anilines is 1. The minimum absolute atomic E-state index is 0.108. The monoisotopic (exact) mass is 548 g/mol. The summed E-state index contributed by atoms with van der Waals surface area (Å²) in [5.41, 5.74) is 3.28. The second-order valence-corrected chi connectivity index (χ2v) is 13.4. The van der Waals surface area contributed by atoms with Gasteiger partial charge < -0.3 is 9.84 Å². The van der Waals surface area contributed by atoms with Crippen LogP contribution in [0.2, 0.25) is 0 Å². The van der Waals surface area contributed by atoms with Crippen LogP contribution < -0.4 is 10.0 Å². The maximum atomic E-state index is 15.2. The topological polar surface area (TPSA) is 84.5 Å². The standard InChI is InChI=1S/C30H33N2O4PS/c1-3-36-37(33,30(26-15-9-5-10-16-26)31-27-17-11-6-12-18-27)29(23-25-13-7-4-8-14-25)32-38(34,35)28-21-19-24(2)20-22-28/h4-22,29-32H,3,23H2,1-2H3/t29-,30-,37?/m1/s1. The van der Waals surface area contributed by atoms with Crippen LogP contribution in [0.3, 0.4) is 0 Å². The molecule has 0 bridgehead atoms. The lowest BCUT2D eigenvalue weighted by molar-refractivity contribution is 0.316. The fraction of sp³-hybridized carbons (Fsp3) is 0.200. The van der Waals surface area contributed by atoms with Gasteiger partial charge in [0, 0.05) is 5.69 Å². The molecule has 1 unspecified atom stereocenters. The molecular formula is C30H33N2O4PS. The Hall–Kier alpha value is -3.22. The zero-order valence-corrected chi connectivity index (χ0v) is 23.2. The van der Waals surface area contributed by atoms with E-state index in [1.807, 2.05) is 97.9 Å². The summed E-state index contributed by atoms with van der Waals surface area (Å²) in [6.07, 6.45) is 0.184. The Balaban J connectivity index is 1.83. The van der Waals surface area contributed by atoms with Crippen LogP contribution in [0.15, 0.2) is 120 Å². The summed E-state index contributed by atoms with van der Waals surface area (Å²) in [5, 5.41) is 3.40. The third kappa shape index (κ3) is 6.80. The highest BCUT2D eigenvalue weighted by Gasteiger charge is 2.45. The first-order chi connectivity index (χ1) is 18.3. The second-order valence-electron chi connectivity index (χ2n) is 9.03. The average Bonchev–Trinajstić information content (AvgIpc) is 2.93. The Labute approximate surface area is 225 Å². The minimum Gasteiger partial charge on any atom is -0.370 e. The molecule has 0 radical (unpaired) electrons. The van der Waals surface area contributed by atoms with E-state index in [4.69, 9.17) is 4.52 Å². The molecular weight excluding hydrogens is 515 g/mol.